The van der Waals surface area contributed by atoms with Crippen LogP contribution in [0.15, 0.2) is 53.5 Å². The van der Waals surface area contributed by atoms with E-state index in [2.05, 4.69) is 4.90 Å². The Labute approximate surface area is 136 Å². The summed E-state index contributed by atoms with van der Waals surface area (Å²) in [5, 5.41) is 0. The van der Waals surface area contributed by atoms with Crippen molar-refractivity contribution in [2.75, 3.05) is 39.5 Å². The van der Waals surface area contributed by atoms with Gasteiger partial charge in [-0.05, 0) is 36.8 Å². The van der Waals surface area contributed by atoms with E-state index in [4.69, 9.17) is 9.47 Å². The lowest BCUT2D eigenvalue weighted by atomic mass is 10.3. The molecule has 1 aliphatic rings. The molecule has 5 nitrogen and oxygen atoms in total. The van der Waals surface area contributed by atoms with E-state index in [1.54, 1.807) is 22.9 Å². The molecule has 0 amide bonds. The van der Waals surface area contributed by atoms with Gasteiger partial charge in [-0.1, -0.05) is 6.07 Å². The molecule has 1 fully saturated rings. The van der Waals surface area contributed by atoms with Crippen molar-refractivity contribution in [3.05, 3.63) is 59.0 Å². The molecule has 0 N–H and O–H groups in total. The van der Waals surface area contributed by atoms with Gasteiger partial charge in [0.1, 0.15) is 5.75 Å². The predicted octanol–water partition coefficient (Wildman–Crippen LogP) is 1.94. The molecule has 0 bridgehead atoms. The van der Waals surface area contributed by atoms with Crippen LogP contribution in [0.2, 0.25) is 0 Å². The summed E-state index contributed by atoms with van der Waals surface area (Å²) < 4.78 is 12.7. The summed E-state index contributed by atoms with van der Waals surface area (Å²) in [5.74, 6) is 0.833. The molecule has 0 radical (unpaired) electrons. The lowest BCUT2D eigenvalue weighted by molar-refractivity contribution is 0.0358. The Morgan fingerprint density at radius 2 is 1.83 bits per heavy atom. The fourth-order valence-corrected chi connectivity index (χ4v) is 2.65. The molecule has 0 spiro atoms. The van der Waals surface area contributed by atoms with Gasteiger partial charge in [-0.15, -0.1) is 0 Å². The maximum atomic E-state index is 11.8. The zero-order valence-electron chi connectivity index (χ0n) is 13.2. The van der Waals surface area contributed by atoms with Gasteiger partial charge in [0.2, 0.25) is 0 Å². The van der Waals surface area contributed by atoms with Crippen LogP contribution in [-0.2, 0) is 4.74 Å². The molecule has 122 valence electrons. The first kappa shape index (κ1) is 15.8. The second-order valence-corrected chi connectivity index (χ2v) is 5.56. The quantitative estimate of drug-likeness (QED) is 0.764. The SMILES string of the molecule is O=c1ccccn1-c1ccc(OCCCN2CCOCC2)cc1. The molecule has 1 saturated heterocycles. The molecule has 0 saturated carbocycles. The van der Waals surface area contributed by atoms with Crippen molar-refractivity contribution in [1.82, 2.24) is 9.47 Å². The van der Waals surface area contributed by atoms with Crippen molar-refractivity contribution >= 4 is 0 Å². The van der Waals surface area contributed by atoms with Gasteiger partial charge in [0.15, 0.2) is 0 Å². The molecule has 1 aliphatic heterocycles. The Morgan fingerprint density at radius 1 is 1.04 bits per heavy atom. The molecule has 0 aliphatic carbocycles. The van der Waals surface area contributed by atoms with Crippen molar-refractivity contribution < 1.29 is 9.47 Å². The molecule has 0 atom stereocenters. The molecule has 5 heteroatoms. The average molecular weight is 314 g/mol. The van der Waals surface area contributed by atoms with E-state index >= 15 is 0 Å². The number of hydrogen-bond donors (Lipinski definition) is 0. The highest BCUT2D eigenvalue weighted by molar-refractivity contribution is 5.37. The van der Waals surface area contributed by atoms with Gasteiger partial charge in [-0.25, -0.2) is 0 Å². The van der Waals surface area contributed by atoms with Crippen molar-refractivity contribution in [3.63, 3.8) is 0 Å². The highest BCUT2D eigenvalue weighted by Gasteiger charge is 2.09. The van der Waals surface area contributed by atoms with Gasteiger partial charge in [-0.2, -0.15) is 0 Å². The minimum atomic E-state index is -0.0355. The van der Waals surface area contributed by atoms with Crippen molar-refractivity contribution in [1.29, 1.82) is 0 Å². The zero-order valence-corrected chi connectivity index (χ0v) is 13.2. The Bertz CT molecular complexity index is 660. The van der Waals surface area contributed by atoms with Gasteiger partial charge in [-0.3, -0.25) is 14.3 Å². The molecule has 1 aromatic heterocycles. The number of aromatic nitrogens is 1. The Hall–Kier alpha value is -2.11. The second kappa shape index (κ2) is 7.94. The topological polar surface area (TPSA) is 43.7 Å². The number of ether oxygens (including phenoxy) is 2. The van der Waals surface area contributed by atoms with Crippen LogP contribution >= 0.6 is 0 Å². The Kier molecular flexibility index (Phi) is 5.45. The highest BCUT2D eigenvalue weighted by atomic mass is 16.5. The van der Waals surface area contributed by atoms with Crippen LogP contribution < -0.4 is 10.3 Å². The number of rotatable bonds is 6. The Balaban J connectivity index is 1.48. The fourth-order valence-electron chi connectivity index (χ4n) is 2.65. The summed E-state index contributed by atoms with van der Waals surface area (Å²) in [4.78, 5) is 14.2. The third-order valence-corrected chi connectivity index (χ3v) is 3.93. The fraction of sp³-hybridized carbons (Fsp3) is 0.389. The van der Waals surface area contributed by atoms with Crippen LogP contribution in [0.5, 0.6) is 5.75 Å². The van der Waals surface area contributed by atoms with Gasteiger partial charge in [0, 0.05) is 37.6 Å². The van der Waals surface area contributed by atoms with Gasteiger partial charge in [0.05, 0.1) is 19.8 Å². The normalized spacial score (nSPS) is 15.5. The maximum Gasteiger partial charge on any atom is 0.255 e. The summed E-state index contributed by atoms with van der Waals surface area (Å²) in [6, 6.07) is 12.8. The Morgan fingerprint density at radius 3 is 2.57 bits per heavy atom. The summed E-state index contributed by atoms with van der Waals surface area (Å²) in [7, 11) is 0. The van der Waals surface area contributed by atoms with Crippen LogP contribution in [0.4, 0.5) is 0 Å². The molecule has 1 aromatic carbocycles. The number of nitrogens with zero attached hydrogens (tertiary/aromatic N) is 2. The molecule has 2 heterocycles. The maximum absolute atomic E-state index is 11.8. The van der Waals surface area contributed by atoms with E-state index in [-0.39, 0.29) is 5.56 Å². The largest absolute Gasteiger partial charge is 0.494 e. The van der Waals surface area contributed by atoms with Crippen molar-refractivity contribution in [3.8, 4) is 11.4 Å². The minimum Gasteiger partial charge on any atom is -0.494 e. The number of pyridine rings is 1. The third kappa shape index (κ3) is 4.43. The van der Waals surface area contributed by atoms with Gasteiger partial charge in [0.25, 0.3) is 5.56 Å². The molecule has 23 heavy (non-hydrogen) atoms. The molecular weight excluding hydrogens is 292 g/mol. The number of benzene rings is 1. The van der Waals surface area contributed by atoms with E-state index < -0.39 is 0 Å². The number of morpholine rings is 1. The van der Waals surface area contributed by atoms with Crippen LogP contribution in [0, 0.1) is 0 Å². The van der Waals surface area contributed by atoms with E-state index in [1.807, 2.05) is 30.3 Å². The first-order valence-corrected chi connectivity index (χ1v) is 8.04. The standard InChI is InChI=1S/C18H22N2O3/c21-18-4-1-2-10-20(18)16-5-7-17(8-6-16)23-13-3-9-19-11-14-22-15-12-19/h1-2,4-8,10H,3,9,11-15H2. The van der Waals surface area contributed by atoms with Crippen molar-refractivity contribution in [2.24, 2.45) is 0 Å². The van der Waals surface area contributed by atoms with E-state index in [0.29, 0.717) is 6.61 Å². The van der Waals surface area contributed by atoms with Crippen LogP contribution in [0.1, 0.15) is 6.42 Å². The average Bonchev–Trinajstić information content (AvgIpc) is 2.61. The minimum absolute atomic E-state index is 0.0355. The zero-order chi connectivity index (χ0) is 15.9. The predicted molar refractivity (Wildman–Crippen MR) is 89.4 cm³/mol. The molecule has 2 aromatic rings. The second-order valence-electron chi connectivity index (χ2n) is 5.56. The van der Waals surface area contributed by atoms with Gasteiger partial charge >= 0.3 is 0 Å². The number of hydrogen-bond acceptors (Lipinski definition) is 4. The van der Waals surface area contributed by atoms with Crippen LogP contribution in [0.3, 0.4) is 0 Å². The lowest BCUT2D eigenvalue weighted by Gasteiger charge is -2.26. The van der Waals surface area contributed by atoms with E-state index in [9.17, 15) is 4.79 Å². The highest BCUT2D eigenvalue weighted by Crippen LogP contribution is 2.14. The molecule has 3 rings (SSSR count). The van der Waals surface area contributed by atoms with E-state index in [1.165, 1.54) is 0 Å². The smallest absolute Gasteiger partial charge is 0.255 e. The van der Waals surface area contributed by atoms with Crippen LogP contribution in [-0.4, -0.2) is 48.9 Å². The summed E-state index contributed by atoms with van der Waals surface area (Å²) in [6.07, 6.45) is 2.76. The first-order chi connectivity index (χ1) is 11.3. The van der Waals surface area contributed by atoms with Crippen molar-refractivity contribution in [2.45, 2.75) is 6.42 Å². The monoisotopic (exact) mass is 314 g/mol. The first-order valence-electron chi connectivity index (χ1n) is 8.04. The summed E-state index contributed by atoms with van der Waals surface area (Å²) >= 11 is 0. The van der Waals surface area contributed by atoms with Crippen LogP contribution in [0.25, 0.3) is 5.69 Å². The molecular formula is C18H22N2O3. The van der Waals surface area contributed by atoms with Gasteiger partial charge < -0.3 is 9.47 Å². The lowest BCUT2D eigenvalue weighted by Crippen LogP contribution is -2.37. The summed E-state index contributed by atoms with van der Waals surface area (Å²) in [6.45, 7) is 5.44. The third-order valence-electron chi connectivity index (χ3n) is 3.93. The molecule has 0 unspecified atom stereocenters. The van der Waals surface area contributed by atoms with E-state index in [0.717, 1.165) is 50.7 Å². The summed E-state index contributed by atoms with van der Waals surface area (Å²) in [5.41, 5.74) is 0.808.